The maximum Gasteiger partial charge on any atom is 0.262 e. The first-order valence-electron chi connectivity index (χ1n) is 9.33. The molecule has 9 heteroatoms. The Morgan fingerprint density at radius 2 is 1.69 bits per heavy atom. The number of nitrogens with one attached hydrogen (secondary N) is 2. The number of hydrogen-bond donors (Lipinski definition) is 2. The molecule has 1 saturated carbocycles. The van der Waals surface area contributed by atoms with E-state index in [9.17, 15) is 13.2 Å². The lowest BCUT2D eigenvalue weighted by Gasteiger charge is -2.22. The zero-order valence-electron chi connectivity index (χ0n) is 15.7. The van der Waals surface area contributed by atoms with Crippen molar-refractivity contribution in [3.05, 3.63) is 52.5 Å². The second-order valence-electron chi connectivity index (χ2n) is 6.89. The van der Waals surface area contributed by atoms with Crippen LogP contribution < -0.4 is 14.8 Å². The quantitative estimate of drug-likeness (QED) is 0.636. The molecular weight excluding hydrogens is 435 g/mol. The molecule has 0 radical (unpaired) electrons. The van der Waals surface area contributed by atoms with Gasteiger partial charge in [0, 0.05) is 11.7 Å². The second kappa shape index (κ2) is 9.80. The summed E-state index contributed by atoms with van der Waals surface area (Å²) in [6.45, 7) is -0.229. The molecule has 29 heavy (non-hydrogen) atoms. The van der Waals surface area contributed by atoms with Gasteiger partial charge in [0.05, 0.1) is 14.9 Å². The minimum absolute atomic E-state index is 0.00487. The van der Waals surface area contributed by atoms with Crippen molar-refractivity contribution in [2.24, 2.45) is 0 Å². The Morgan fingerprint density at radius 3 is 2.34 bits per heavy atom. The van der Waals surface area contributed by atoms with Gasteiger partial charge >= 0.3 is 0 Å². The van der Waals surface area contributed by atoms with Crippen LogP contribution in [0.5, 0.6) is 5.75 Å². The molecule has 156 valence electrons. The Bertz CT molecular complexity index is 959. The molecule has 0 aliphatic heterocycles. The van der Waals surface area contributed by atoms with Gasteiger partial charge in [-0.05, 0) is 55.3 Å². The summed E-state index contributed by atoms with van der Waals surface area (Å²) in [5.41, 5.74) is 0.503. The van der Waals surface area contributed by atoms with Crippen LogP contribution in [0, 0.1) is 0 Å². The van der Waals surface area contributed by atoms with E-state index in [0.717, 1.165) is 32.1 Å². The Morgan fingerprint density at radius 1 is 1.00 bits per heavy atom. The monoisotopic (exact) mass is 456 g/mol. The number of anilines is 1. The average Bonchev–Trinajstić information content (AvgIpc) is 2.70. The Balaban J connectivity index is 1.53. The van der Waals surface area contributed by atoms with Gasteiger partial charge in [-0.1, -0.05) is 42.5 Å². The molecule has 0 spiro atoms. The van der Waals surface area contributed by atoms with Gasteiger partial charge in [-0.25, -0.2) is 13.1 Å². The summed E-state index contributed by atoms with van der Waals surface area (Å²) < 4.78 is 33.2. The third-order valence-corrected chi connectivity index (χ3v) is 6.91. The van der Waals surface area contributed by atoms with Gasteiger partial charge in [0.2, 0.25) is 10.0 Å². The third-order valence-electron chi connectivity index (χ3n) is 4.63. The van der Waals surface area contributed by atoms with Crippen LogP contribution in [0.25, 0.3) is 0 Å². The Labute approximate surface area is 180 Å². The van der Waals surface area contributed by atoms with E-state index in [4.69, 9.17) is 27.9 Å². The zero-order chi connectivity index (χ0) is 20.9. The van der Waals surface area contributed by atoms with Crippen molar-refractivity contribution < 1.29 is 17.9 Å². The lowest BCUT2D eigenvalue weighted by molar-refractivity contribution is -0.118. The molecule has 2 aromatic carbocycles. The largest absolute Gasteiger partial charge is 0.484 e. The van der Waals surface area contributed by atoms with Crippen molar-refractivity contribution in [3.8, 4) is 5.75 Å². The minimum Gasteiger partial charge on any atom is -0.484 e. The number of carbonyl (C=O) groups is 1. The Kier molecular flexibility index (Phi) is 7.40. The van der Waals surface area contributed by atoms with E-state index < -0.39 is 10.0 Å². The van der Waals surface area contributed by atoms with Crippen molar-refractivity contribution in [1.29, 1.82) is 0 Å². The molecule has 1 fully saturated rings. The first kappa shape index (κ1) is 21.9. The lowest BCUT2D eigenvalue weighted by Crippen LogP contribution is -2.36. The van der Waals surface area contributed by atoms with Gasteiger partial charge in [0.25, 0.3) is 5.91 Å². The third kappa shape index (κ3) is 6.34. The van der Waals surface area contributed by atoms with Crippen molar-refractivity contribution in [2.45, 2.75) is 43.0 Å². The maximum absolute atomic E-state index is 12.5. The molecule has 6 nitrogen and oxygen atoms in total. The number of ether oxygens (including phenoxy) is 1. The van der Waals surface area contributed by atoms with Crippen LogP contribution in [0.15, 0.2) is 47.4 Å². The van der Waals surface area contributed by atoms with Crippen LogP contribution in [0.3, 0.4) is 0 Å². The normalized spacial score (nSPS) is 15.1. The number of sulfonamides is 1. The molecule has 1 amide bonds. The highest BCUT2D eigenvalue weighted by Crippen LogP contribution is 2.25. The molecule has 0 atom stereocenters. The highest BCUT2D eigenvalue weighted by Gasteiger charge is 2.21. The molecule has 0 aromatic heterocycles. The fourth-order valence-corrected chi connectivity index (χ4v) is 4.75. The van der Waals surface area contributed by atoms with Gasteiger partial charge in [0.1, 0.15) is 5.75 Å². The number of carbonyl (C=O) groups excluding carboxylic acids is 1. The van der Waals surface area contributed by atoms with Crippen LogP contribution in [-0.2, 0) is 14.8 Å². The van der Waals surface area contributed by atoms with E-state index in [1.54, 1.807) is 18.2 Å². The Hall–Kier alpha value is -1.80. The summed E-state index contributed by atoms with van der Waals surface area (Å²) in [6, 6.07) is 10.8. The number of hydrogen-bond acceptors (Lipinski definition) is 4. The van der Waals surface area contributed by atoms with Crippen LogP contribution in [0.1, 0.15) is 32.1 Å². The molecule has 0 heterocycles. The van der Waals surface area contributed by atoms with E-state index in [-0.39, 0.29) is 23.5 Å². The van der Waals surface area contributed by atoms with Crippen molar-refractivity contribution in [3.63, 3.8) is 0 Å². The smallest absolute Gasteiger partial charge is 0.262 e. The number of halogens is 2. The van der Waals surface area contributed by atoms with E-state index in [2.05, 4.69) is 10.0 Å². The molecule has 1 aliphatic carbocycles. The van der Waals surface area contributed by atoms with E-state index in [1.807, 2.05) is 0 Å². The number of amides is 1. The molecule has 0 saturated heterocycles. The van der Waals surface area contributed by atoms with E-state index in [1.165, 1.54) is 24.3 Å². The molecular formula is C20H22Cl2N2O4S. The van der Waals surface area contributed by atoms with Gasteiger partial charge < -0.3 is 10.1 Å². The van der Waals surface area contributed by atoms with E-state index in [0.29, 0.717) is 21.5 Å². The average molecular weight is 457 g/mol. The fraction of sp³-hybridized carbons (Fsp3) is 0.350. The van der Waals surface area contributed by atoms with Crippen LogP contribution in [0.4, 0.5) is 5.69 Å². The first-order chi connectivity index (χ1) is 13.8. The molecule has 3 rings (SSSR count). The molecule has 0 unspecified atom stereocenters. The summed E-state index contributed by atoms with van der Waals surface area (Å²) in [4.78, 5) is 12.2. The van der Waals surface area contributed by atoms with Crippen molar-refractivity contribution >= 4 is 44.8 Å². The number of benzene rings is 2. The topological polar surface area (TPSA) is 84.5 Å². The second-order valence-corrected chi connectivity index (χ2v) is 9.42. The highest BCUT2D eigenvalue weighted by atomic mass is 35.5. The van der Waals surface area contributed by atoms with Crippen LogP contribution in [0.2, 0.25) is 10.0 Å². The van der Waals surface area contributed by atoms with Gasteiger partial charge in [0.15, 0.2) is 6.61 Å². The van der Waals surface area contributed by atoms with Crippen LogP contribution in [-0.4, -0.2) is 27.0 Å². The van der Waals surface area contributed by atoms with Gasteiger partial charge in [-0.2, -0.15) is 0 Å². The van der Waals surface area contributed by atoms with Gasteiger partial charge in [-0.3, -0.25) is 4.79 Å². The van der Waals surface area contributed by atoms with Crippen molar-refractivity contribution in [1.82, 2.24) is 4.72 Å². The molecule has 1 aliphatic rings. The first-order valence-corrected chi connectivity index (χ1v) is 11.6. The number of rotatable bonds is 7. The predicted octanol–water partition coefficient (Wildman–Crippen LogP) is 4.62. The predicted molar refractivity (Wildman–Crippen MR) is 114 cm³/mol. The van der Waals surface area contributed by atoms with Crippen molar-refractivity contribution in [2.75, 3.05) is 11.9 Å². The summed E-state index contributed by atoms with van der Waals surface area (Å²) in [5.74, 6) is 0.0185. The van der Waals surface area contributed by atoms with Gasteiger partial charge in [-0.15, -0.1) is 0 Å². The zero-order valence-corrected chi connectivity index (χ0v) is 18.0. The summed E-state index contributed by atoms with van der Waals surface area (Å²) in [7, 11) is -3.56. The summed E-state index contributed by atoms with van der Waals surface area (Å²) in [6.07, 6.45) is 4.99. The maximum atomic E-state index is 12.5. The minimum atomic E-state index is -3.56. The highest BCUT2D eigenvalue weighted by molar-refractivity contribution is 7.89. The summed E-state index contributed by atoms with van der Waals surface area (Å²) in [5, 5.41) is 3.38. The molecule has 0 bridgehead atoms. The molecule has 2 aromatic rings. The summed E-state index contributed by atoms with van der Waals surface area (Å²) >= 11 is 11.8. The standard InChI is InChI=1S/C20H22Cl2N2O4S/c21-18-11-6-15(12-19(18)22)23-20(25)13-28-16-7-9-17(10-8-16)29(26,27)24-14-4-2-1-3-5-14/h6-12,14,24H,1-5,13H2,(H,23,25). The van der Waals surface area contributed by atoms with E-state index >= 15 is 0 Å². The fourth-order valence-electron chi connectivity index (χ4n) is 3.14. The SMILES string of the molecule is O=C(COc1ccc(S(=O)(=O)NC2CCCCC2)cc1)Nc1ccc(Cl)c(Cl)c1. The molecule has 2 N–H and O–H groups in total. The van der Waals surface area contributed by atoms with Crippen LogP contribution >= 0.6 is 23.2 Å². The lowest BCUT2D eigenvalue weighted by atomic mass is 9.96.